The summed E-state index contributed by atoms with van der Waals surface area (Å²) in [6.45, 7) is 3.66. The zero-order chi connectivity index (χ0) is 19.4. The van der Waals surface area contributed by atoms with Crippen molar-refractivity contribution in [1.29, 1.82) is 0 Å². The highest BCUT2D eigenvalue weighted by Crippen LogP contribution is 2.22. The van der Waals surface area contributed by atoms with Gasteiger partial charge in [-0.2, -0.15) is 0 Å². The Balaban J connectivity index is 1.88. The van der Waals surface area contributed by atoms with Crippen molar-refractivity contribution in [3.05, 3.63) is 77.1 Å². The molecule has 0 aliphatic rings. The lowest BCUT2D eigenvalue weighted by atomic mass is 10.1. The molecule has 138 valence electrons. The average Bonchev–Trinajstić information content (AvgIpc) is 2.65. The molecule has 0 atom stereocenters. The van der Waals surface area contributed by atoms with Crippen molar-refractivity contribution in [3.8, 4) is 0 Å². The first-order valence-electron chi connectivity index (χ1n) is 8.44. The molecule has 2 N–H and O–H groups in total. The van der Waals surface area contributed by atoms with E-state index in [1.165, 1.54) is 12.1 Å². The van der Waals surface area contributed by atoms with Crippen LogP contribution in [0.25, 0.3) is 0 Å². The monoisotopic (exact) mass is 368 g/mol. The van der Waals surface area contributed by atoms with Crippen molar-refractivity contribution in [3.63, 3.8) is 0 Å². The van der Waals surface area contributed by atoms with Crippen LogP contribution in [0.1, 0.15) is 28.7 Å². The minimum absolute atomic E-state index is 0.0621. The van der Waals surface area contributed by atoms with Gasteiger partial charge in [-0.1, -0.05) is 31.2 Å². The Morgan fingerprint density at radius 3 is 2.44 bits per heavy atom. The lowest BCUT2D eigenvalue weighted by molar-refractivity contribution is 0.102. The second-order valence-corrected chi connectivity index (χ2v) is 5.90. The van der Waals surface area contributed by atoms with E-state index in [0.29, 0.717) is 11.4 Å². The summed E-state index contributed by atoms with van der Waals surface area (Å²) in [6.07, 6.45) is 0.763. The van der Waals surface area contributed by atoms with E-state index in [9.17, 15) is 13.6 Å². The first-order valence-corrected chi connectivity index (χ1v) is 8.44. The molecule has 2 aromatic carbocycles. The van der Waals surface area contributed by atoms with Crippen molar-refractivity contribution < 1.29 is 13.6 Å². The number of amides is 1. The van der Waals surface area contributed by atoms with Crippen LogP contribution in [0.2, 0.25) is 0 Å². The van der Waals surface area contributed by atoms with E-state index < -0.39 is 17.5 Å². The number of para-hydroxylation sites is 2. The molecule has 0 saturated heterocycles. The summed E-state index contributed by atoms with van der Waals surface area (Å²) in [5, 5.41) is 5.32. The largest absolute Gasteiger partial charge is 0.320 e. The Bertz CT molecular complexity index is 971. The summed E-state index contributed by atoms with van der Waals surface area (Å²) in [4.78, 5) is 20.8. The number of benzene rings is 2. The molecule has 0 fully saturated rings. The van der Waals surface area contributed by atoms with Gasteiger partial charge in [0.15, 0.2) is 0 Å². The maximum absolute atomic E-state index is 13.8. The summed E-state index contributed by atoms with van der Waals surface area (Å²) in [5.41, 5.74) is 1.89. The highest BCUT2D eigenvalue weighted by molar-refractivity contribution is 6.03. The van der Waals surface area contributed by atoms with Gasteiger partial charge in [0.2, 0.25) is 5.95 Å². The lowest BCUT2D eigenvalue weighted by Gasteiger charge is -2.11. The van der Waals surface area contributed by atoms with Crippen LogP contribution in [-0.2, 0) is 6.42 Å². The number of rotatable bonds is 5. The molecule has 1 amide bonds. The highest BCUT2D eigenvalue weighted by Gasteiger charge is 2.15. The van der Waals surface area contributed by atoms with Crippen molar-refractivity contribution in [2.24, 2.45) is 0 Å². The third-order valence-electron chi connectivity index (χ3n) is 3.93. The smallest absolute Gasteiger partial charge is 0.274 e. The first-order chi connectivity index (χ1) is 13.0. The number of hydrogen-bond acceptors (Lipinski definition) is 4. The number of hydrogen-bond donors (Lipinski definition) is 2. The summed E-state index contributed by atoms with van der Waals surface area (Å²) in [7, 11) is 0. The molecule has 0 unspecified atom stereocenters. The van der Waals surface area contributed by atoms with Gasteiger partial charge in [-0.25, -0.2) is 18.7 Å². The molecule has 0 spiro atoms. The van der Waals surface area contributed by atoms with E-state index in [4.69, 9.17) is 0 Å². The maximum Gasteiger partial charge on any atom is 0.274 e. The van der Waals surface area contributed by atoms with Gasteiger partial charge in [0.05, 0.1) is 0 Å². The molecule has 1 heterocycles. The molecule has 5 nitrogen and oxygen atoms in total. The second kappa shape index (κ2) is 7.90. The van der Waals surface area contributed by atoms with E-state index in [0.717, 1.165) is 24.1 Å². The number of nitrogens with one attached hydrogen (secondary N) is 2. The lowest BCUT2D eigenvalue weighted by Crippen LogP contribution is -2.16. The standard InChI is InChI=1S/C20H18F2N4O/c1-3-13-7-4-5-10-16(13)24-19(27)17-11-12(2)23-20(25-17)26-18-14(21)8-6-9-15(18)22/h4-11H,3H2,1-2H3,(H,24,27)(H,23,25,26). The Morgan fingerprint density at radius 2 is 1.74 bits per heavy atom. The zero-order valence-corrected chi connectivity index (χ0v) is 14.9. The molecule has 7 heteroatoms. The summed E-state index contributed by atoms with van der Waals surface area (Å²) in [5.74, 6) is -2.04. The molecule has 3 rings (SSSR count). The van der Waals surface area contributed by atoms with Crippen LogP contribution in [0.5, 0.6) is 0 Å². The van der Waals surface area contributed by atoms with Gasteiger partial charge in [-0.15, -0.1) is 0 Å². The van der Waals surface area contributed by atoms with Gasteiger partial charge >= 0.3 is 0 Å². The quantitative estimate of drug-likeness (QED) is 0.689. The predicted octanol–water partition coefficient (Wildman–Crippen LogP) is 4.62. The van der Waals surface area contributed by atoms with Crippen LogP contribution in [0.4, 0.5) is 26.1 Å². The molecule has 0 bridgehead atoms. The Hall–Kier alpha value is -3.35. The molecular weight excluding hydrogens is 350 g/mol. The molecule has 3 aromatic rings. The van der Waals surface area contributed by atoms with Crippen molar-refractivity contribution in [2.45, 2.75) is 20.3 Å². The van der Waals surface area contributed by atoms with Crippen LogP contribution in [0, 0.1) is 18.6 Å². The molecule has 0 radical (unpaired) electrons. The fourth-order valence-corrected chi connectivity index (χ4v) is 2.61. The van der Waals surface area contributed by atoms with Gasteiger partial charge in [-0.3, -0.25) is 4.79 Å². The third kappa shape index (κ3) is 4.25. The molecule has 27 heavy (non-hydrogen) atoms. The summed E-state index contributed by atoms with van der Waals surface area (Å²) < 4.78 is 27.7. The van der Waals surface area contributed by atoms with Gasteiger partial charge in [0, 0.05) is 11.4 Å². The number of halogens is 2. The number of carbonyl (C=O) groups excluding carboxylic acids is 1. The van der Waals surface area contributed by atoms with Gasteiger partial charge in [-0.05, 0) is 43.2 Å². The van der Waals surface area contributed by atoms with Gasteiger partial charge in [0.25, 0.3) is 5.91 Å². The van der Waals surface area contributed by atoms with Crippen LogP contribution < -0.4 is 10.6 Å². The third-order valence-corrected chi connectivity index (χ3v) is 3.93. The number of aromatic nitrogens is 2. The van der Waals surface area contributed by atoms with E-state index >= 15 is 0 Å². The zero-order valence-electron chi connectivity index (χ0n) is 14.9. The molecule has 0 saturated carbocycles. The second-order valence-electron chi connectivity index (χ2n) is 5.90. The predicted molar refractivity (Wildman–Crippen MR) is 100 cm³/mol. The minimum Gasteiger partial charge on any atom is -0.320 e. The van der Waals surface area contributed by atoms with Crippen molar-refractivity contribution in [1.82, 2.24) is 9.97 Å². The number of carbonyl (C=O) groups is 1. The Morgan fingerprint density at radius 1 is 1.04 bits per heavy atom. The topological polar surface area (TPSA) is 66.9 Å². The fraction of sp³-hybridized carbons (Fsp3) is 0.150. The Labute approximate surface area is 155 Å². The van der Waals surface area contributed by atoms with Crippen LogP contribution in [0.3, 0.4) is 0 Å². The normalized spacial score (nSPS) is 10.5. The number of nitrogens with zero attached hydrogens (tertiary/aromatic N) is 2. The molecular formula is C20H18F2N4O. The number of aryl methyl sites for hydroxylation is 2. The molecule has 0 aliphatic heterocycles. The van der Waals surface area contributed by atoms with E-state index in [-0.39, 0.29) is 17.3 Å². The first kappa shape index (κ1) is 18.4. The van der Waals surface area contributed by atoms with Gasteiger partial charge in [0.1, 0.15) is 23.0 Å². The van der Waals surface area contributed by atoms with Crippen LogP contribution in [-0.4, -0.2) is 15.9 Å². The van der Waals surface area contributed by atoms with E-state index in [1.807, 2.05) is 25.1 Å². The maximum atomic E-state index is 13.8. The average molecular weight is 368 g/mol. The summed E-state index contributed by atoms with van der Waals surface area (Å²) >= 11 is 0. The highest BCUT2D eigenvalue weighted by atomic mass is 19.1. The summed E-state index contributed by atoms with van der Waals surface area (Å²) in [6, 6.07) is 12.5. The van der Waals surface area contributed by atoms with Crippen molar-refractivity contribution in [2.75, 3.05) is 10.6 Å². The molecule has 1 aromatic heterocycles. The van der Waals surface area contributed by atoms with Crippen LogP contribution >= 0.6 is 0 Å². The Kier molecular flexibility index (Phi) is 5.40. The van der Waals surface area contributed by atoms with E-state index in [1.54, 1.807) is 13.0 Å². The van der Waals surface area contributed by atoms with Gasteiger partial charge < -0.3 is 10.6 Å². The minimum atomic E-state index is -0.775. The molecule has 0 aliphatic carbocycles. The van der Waals surface area contributed by atoms with E-state index in [2.05, 4.69) is 20.6 Å². The number of anilines is 3. The van der Waals surface area contributed by atoms with Crippen molar-refractivity contribution >= 4 is 23.2 Å². The van der Waals surface area contributed by atoms with Crippen LogP contribution in [0.15, 0.2) is 48.5 Å². The SMILES string of the molecule is CCc1ccccc1NC(=O)c1cc(C)nc(Nc2c(F)cccc2F)n1. The fourth-order valence-electron chi connectivity index (χ4n) is 2.61.